The molecular formula is C16H18O3. The third-order valence-corrected chi connectivity index (χ3v) is 3.03. The van der Waals surface area contributed by atoms with E-state index in [1.165, 1.54) is 0 Å². The molecule has 0 aliphatic heterocycles. The van der Waals surface area contributed by atoms with Crippen LogP contribution in [0.5, 0.6) is 5.75 Å². The lowest BCUT2D eigenvalue weighted by Gasteiger charge is -2.11. The highest BCUT2D eigenvalue weighted by Gasteiger charge is 2.13. The van der Waals surface area contributed by atoms with Gasteiger partial charge in [0, 0.05) is 0 Å². The van der Waals surface area contributed by atoms with E-state index in [1.54, 1.807) is 12.1 Å². The first-order valence-electron chi connectivity index (χ1n) is 6.47. The number of carbonyl (C=O) groups is 1. The summed E-state index contributed by atoms with van der Waals surface area (Å²) in [6, 6.07) is 11.2. The van der Waals surface area contributed by atoms with Crippen LogP contribution in [-0.4, -0.2) is 17.7 Å². The zero-order valence-electron chi connectivity index (χ0n) is 11.2. The van der Waals surface area contributed by atoms with E-state index in [2.05, 4.69) is 13.8 Å². The van der Waals surface area contributed by atoms with Crippen molar-refractivity contribution < 1.29 is 14.6 Å². The van der Waals surface area contributed by atoms with E-state index in [0.717, 1.165) is 17.2 Å². The summed E-state index contributed by atoms with van der Waals surface area (Å²) in [6.45, 7) is 4.76. The van der Waals surface area contributed by atoms with Crippen molar-refractivity contribution >= 4 is 16.7 Å². The fraction of sp³-hybridized carbons (Fsp3) is 0.312. The molecule has 0 atom stereocenters. The van der Waals surface area contributed by atoms with Gasteiger partial charge >= 0.3 is 5.97 Å². The minimum Gasteiger partial charge on any atom is -0.493 e. The largest absolute Gasteiger partial charge is 0.493 e. The van der Waals surface area contributed by atoms with Crippen molar-refractivity contribution in [2.75, 3.05) is 6.61 Å². The second kappa shape index (κ2) is 5.74. The maximum atomic E-state index is 11.3. The van der Waals surface area contributed by atoms with Crippen LogP contribution in [0.1, 0.15) is 30.6 Å². The first-order chi connectivity index (χ1) is 9.08. The topological polar surface area (TPSA) is 46.5 Å². The number of hydrogen-bond donors (Lipinski definition) is 1. The number of benzene rings is 2. The molecule has 3 heteroatoms. The minimum absolute atomic E-state index is 0.224. The molecule has 0 radical (unpaired) electrons. The highest BCUT2D eigenvalue weighted by atomic mass is 16.5. The molecule has 2 aromatic rings. The van der Waals surface area contributed by atoms with Crippen molar-refractivity contribution in [2.45, 2.75) is 20.3 Å². The average Bonchev–Trinajstić information content (AvgIpc) is 2.37. The number of aromatic carboxylic acids is 1. The minimum atomic E-state index is -0.953. The quantitative estimate of drug-likeness (QED) is 0.882. The second-order valence-corrected chi connectivity index (χ2v) is 5.03. The standard InChI is InChI=1S/C16H18O3/c1-11(2)7-8-19-15-10-13-6-4-3-5-12(13)9-14(15)16(17)18/h3-6,9-11H,7-8H2,1-2H3,(H,17,18). The number of carboxylic acids is 1. The Bertz CT molecular complexity index is 588. The summed E-state index contributed by atoms with van der Waals surface area (Å²) in [4.78, 5) is 11.3. The normalized spacial score (nSPS) is 10.9. The zero-order valence-corrected chi connectivity index (χ0v) is 11.2. The van der Waals surface area contributed by atoms with Gasteiger partial charge in [-0.2, -0.15) is 0 Å². The maximum Gasteiger partial charge on any atom is 0.339 e. The van der Waals surface area contributed by atoms with E-state index >= 15 is 0 Å². The van der Waals surface area contributed by atoms with Crippen molar-refractivity contribution in [2.24, 2.45) is 5.92 Å². The highest BCUT2D eigenvalue weighted by molar-refractivity contribution is 5.97. The summed E-state index contributed by atoms with van der Waals surface area (Å²) in [6.07, 6.45) is 0.909. The summed E-state index contributed by atoms with van der Waals surface area (Å²) in [7, 11) is 0. The number of carboxylic acid groups (broad SMARTS) is 1. The molecule has 0 aliphatic rings. The smallest absolute Gasteiger partial charge is 0.339 e. The molecule has 0 saturated heterocycles. The second-order valence-electron chi connectivity index (χ2n) is 5.03. The summed E-state index contributed by atoms with van der Waals surface area (Å²) >= 11 is 0. The SMILES string of the molecule is CC(C)CCOc1cc2ccccc2cc1C(=O)O. The molecule has 0 aliphatic carbocycles. The van der Waals surface area contributed by atoms with Gasteiger partial charge in [0.15, 0.2) is 0 Å². The average molecular weight is 258 g/mol. The van der Waals surface area contributed by atoms with Crippen LogP contribution in [0, 0.1) is 5.92 Å². The molecule has 0 fully saturated rings. The molecule has 0 saturated carbocycles. The van der Waals surface area contributed by atoms with E-state index in [0.29, 0.717) is 18.3 Å². The van der Waals surface area contributed by atoms with Gasteiger partial charge in [0.1, 0.15) is 11.3 Å². The maximum absolute atomic E-state index is 11.3. The Kier molecular flexibility index (Phi) is 4.05. The van der Waals surface area contributed by atoms with E-state index in [1.807, 2.05) is 24.3 Å². The van der Waals surface area contributed by atoms with Gasteiger partial charge in [-0.25, -0.2) is 4.79 Å². The molecule has 0 bridgehead atoms. The Morgan fingerprint density at radius 3 is 2.42 bits per heavy atom. The van der Waals surface area contributed by atoms with Crippen molar-refractivity contribution in [3.8, 4) is 5.75 Å². The van der Waals surface area contributed by atoms with Gasteiger partial charge in [0.2, 0.25) is 0 Å². The van der Waals surface area contributed by atoms with Gasteiger partial charge in [-0.05, 0) is 35.2 Å². The lowest BCUT2D eigenvalue weighted by molar-refractivity contribution is 0.0692. The van der Waals surface area contributed by atoms with Gasteiger partial charge in [0.05, 0.1) is 6.61 Å². The van der Waals surface area contributed by atoms with Gasteiger partial charge in [-0.3, -0.25) is 0 Å². The van der Waals surface area contributed by atoms with Crippen LogP contribution in [0.4, 0.5) is 0 Å². The summed E-state index contributed by atoms with van der Waals surface area (Å²) in [5, 5.41) is 11.2. The van der Waals surface area contributed by atoms with Gasteiger partial charge in [0.25, 0.3) is 0 Å². The summed E-state index contributed by atoms with van der Waals surface area (Å²) in [5.74, 6) is 0.0332. The predicted molar refractivity (Wildman–Crippen MR) is 75.9 cm³/mol. The molecule has 100 valence electrons. The molecule has 1 N–H and O–H groups in total. The molecule has 2 aromatic carbocycles. The molecule has 0 heterocycles. The van der Waals surface area contributed by atoms with Crippen LogP contribution in [0.3, 0.4) is 0 Å². The van der Waals surface area contributed by atoms with Gasteiger partial charge in [-0.15, -0.1) is 0 Å². The van der Waals surface area contributed by atoms with Crippen molar-refractivity contribution in [1.29, 1.82) is 0 Å². The van der Waals surface area contributed by atoms with Crippen LogP contribution in [0.25, 0.3) is 10.8 Å². The molecule has 0 aromatic heterocycles. The molecule has 0 amide bonds. The van der Waals surface area contributed by atoms with Crippen molar-refractivity contribution in [3.05, 3.63) is 42.0 Å². The highest BCUT2D eigenvalue weighted by Crippen LogP contribution is 2.26. The molecule has 3 nitrogen and oxygen atoms in total. The predicted octanol–water partition coefficient (Wildman–Crippen LogP) is 3.96. The van der Waals surface area contributed by atoms with Crippen LogP contribution >= 0.6 is 0 Å². The number of rotatable bonds is 5. The first kappa shape index (κ1) is 13.4. The van der Waals surface area contributed by atoms with E-state index in [4.69, 9.17) is 4.74 Å². The van der Waals surface area contributed by atoms with Crippen LogP contribution in [0.2, 0.25) is 0 Å². The molecular weight excluding hydrogens is 240 g/mol. The van der Waals surface area contributed by atoms with Crippen LogP contribution in [-0.2, 0) is 0 Å². The Labute approximate surface area is 112 Å². The molecule has 2 rings (SSSR count). The van der Waals surface area contributed by atoms with E-state index in [-0.39, 0.29) is 5.56 Å². The molecule has 0 unspecified atom stereocenters. The van der Waals surface area contributed by atoms with Gasteiger partial charge in [-0.1, -0.05) is 38.1 Å². The van der Waals surface area contributed by atoms with Crippen molar-refractivity contribution in [1.82, 2.24) is 0 Å². The third kappa shape index (κ3) is 3.25. The zero-order chi connectivity index (χ0) is 13.8. The first-order valence-corrected chi connectivity index (χ1v) is 6.47. The van der Waals surface area contributed by atoms with Crippen LogP contribution < -0.4 is 4.74 Å². The fourth-order valence-corrected chi connectivity index (χ4v) is 1.91. The Morgan fingerprint density at radius 2 is 1.84 bits per heavy atom. The fourth-order valence-electron chi connectivity index (χ4n) is 1.91. The number of hydrogen-bond acceptors (Lipinski definition) is 2. The number of ether oxygens (including phenoxy) is 1. The summed E-state index contributed by atoms with van der Waals surface area (Å²) < 4.78 is 5.64. The van der Waals surface area contributed by atoms with Crippen LogP contribution in [0.15, 0.2) is 36.4 Å². The Morgan fingerprint density at radius 1 is 1.21 bits per heavy atom. The van der Waals surface area contributed by atoms with Crippen molar-refractivity contribution in [3.63, 3.8) is 0 Å². The lowest BCUT2D eigenvalue weighted by Crippen LogP contribution is -2.06. The Hall–Kier alpha value is -2.03. The molecule has 0 spiro atoms. The Balaban J connectivity index is 2.33. The van der Waals surface area contributed by atoms with Gasteiger partial charge < -0.3 is 9.84 Å². The van der Waals surface area contributed by atoms with E-state index < -0.39 is 5.97 Å². The summed E-state index contributed by atoms with van der Waals surface area (Å²) in [5.41, 5.74) is 0.224. The number of fused-ring (bicyclic) bond motifs is 1. The third-order valence-electron chi connectivity index (χ3n) is 3.03. The molecule has 19 heavy (non-hydrogen) atoms. The monoisotopic (exact) mass is 258 g/mol. The lowest BCUT2D eigenvalue weighted by atomic mass is 10.1. The van der Waals surface area contributed by atoms with E-state index in [9.17, 15) is 9.90 Å².